The lowest BCUT2D eigenvalue weighted by Gasteiger charge is -2.38. The first kappa shape index (κ1) is 21.1. The van der Waals surface area contributed by atoms with Gasteiger partial charge in [-0.15, -0.1) is 11.3 Å². The number of hydrazone groups is 1. The number of para-hydroxylation sites is 1. The van der Waals surface area contributed by atoms with Crippen LogP contribution >= 0.6 is 34.9 Å². The lowest BCUT2D eigenvalue weighted by Crippen LogP contribution is -2.51. The summed E-state index contributed by atoms with van der Waals surface area (Å²) in [5.74, 6) is -0.236. The van der Waals surface area contributed by atoms with Crippen LogP contribution in [0.3, 0.4) is 0 Å². The number of benzene rings is 2. The number of thiophene rings is 1. The van der Waals surface area contributed by atoms with Gasteiger partial charge in [-0.3, -0.25) is 14.5 Å². The van der Waals surface area contributed by atoms with Gasteiger partial charge in [-0.05, 0) is 60.5 Å². The standard InChI is InChI=1S/C24H19N3O2S3/c1-16-10-12-19(13-11-16)27-24(32-22(25-27)17(2)28)26(18-7-4-3-5-8-18)23(29)21(31-24)15-20-9-6-14-30-20/h3-15H,1-2H3/b21-15+/t24-/m0/s1. The summed E-state index contributed by atoms with van der Waals surface area (Å²) in [6.45, 7) is 3.53. The van der Waals surface area contributed by atoms with Gasteiger partial charge < -0.3 is 0 Å². The Morgan fingerprint density at radius 1 is 0.969 bits per heavy atom. The molecule has 1 amide bonds. The van der Waals surface area contributed by atoms with Gasteiger partial charge in [0.1, 0.15) is 0 Å². The number of thioether (sulfide) groups is 2. The van der Waals surface area contributed by atoms with E-state index >= 15 is 0 Å². The van der Waals surface area contributed by atoms with Crippen LogP contribution < -0.4 is 9.91 Å². The van der Waals surface area contributed by atoms with Gasteiger partial charge in [-0.1, -0.05) is 53.7 Å². The van der Waals surface area contributed by atoms with Gasteiger partial charge >= 0.3 is 0 Å². The Morgan fingerprint density at radius 2 is 1.72 bits per heavy atom. The molecule has 0 N–H and O–H groups in total. The number of hydrogen-bond donors (Lipinski definition) is 0. The normalized spacial score (nSPS) is 21.6. The molecule has 5 nitrogen and oxygen atoms in total. The molecule has 5 rings (SSSR count). The van der Waals surface area contributed by atoms with Crippen molar-refractivity contribution in [2.45, 2.75) is 18.2 Å². The SMILES string of the molecule is CC(=O)C1=NN(c2ccc(C)cc2)[C@]2(S1)S/C(=C/c1cccs1)C(=O)N2c1ccccc1. The number of aryl methyl sites for hydroxylation is 1. The van der Waals surface area contributed by atoms with Crippen molar-refractivity contribution in [2.75, 3.05) is 9.91 Å². The first-order valence-electron chi connectivity index (χ1n) is 9.97. The maximum Gasteiger partial charge on any atom is 0.268 e. The van der Waals surface area contributed by atoms with E-state index in [1.807, 2.05) is 85.1 Å². The van der Waals surface area contributed by atoms with Crippen molar-refractivity contribution in [3.63, 3.8) is 0 Å². The zero-order chi connectivity index (χ0) is 22.3. The molecule has 0 aliphatic carbocycles. The minimum absolute atomic E-state index is 0.112. The average molecular weight is 478 g/mol. The first-order valence-corrected chi connectivity index (χ1v) is 12.5. The molecule has 1 atom stereocenters. The summed E-state index contributed by atoms with van der Waals surface area (Å²) in [6.07, 6.45) is 1.92. The van der Waals surface area contributed by atoms with Crippen molar-refractivity contribution in [1.29, 1.82) is 0 Å². The van der Waals surface area contributed by atoms with Crippen LogP contribution in [0.2, 0.25) is 0 Å². The van der Waals surface area contributed by atoms with Crippen molar-refractivity contribution in [3.05, 3.63) is 87.5 Å². The molecular weight excluding hydrogens is 458 g/mol. The number of carbonyl (C=O) groups excluding carboxylic acids is 2. The van der Waals surface area contributed by atoms with Crippen LogP contribution in [-0.4, -0.2) is 21.1 Å². The molecule has 1 spiro atoms. The second-order valence-corrected chi connectivity index (χ2v) is 11.0. The van der Waals surface area contributed by atoms with Crippen LogP contribution in [0, 0.1) is 6.92 Å². The van der Waals surface area contributed by atoms with E-state index in [-0.39, 0.29) is 11.7 Å². The van der Waals surface area contributed by atoms with E-state index < -0.39 is 4.33 Å². The Labute approximate surface area is 198 Å². The second kappa shape index (κ2) is 8.27. The van der Waals surface area contributed by atoms with Crippen LogP contribution in [0.1, 0.15) is 17.4 Å². The largest absolute Gasteiger partial charge is 0.292 e. The van der Waals surface area contributed by atoms with Crippen molar-refractivity contribution in [2.24, 2.45) is 5.10 Å². The lowest BCUT2D eigenvalue weighted by molar-refractivity contribution is -0.114. The predicted octanol–water partition coefficient (Wildman–Crippen LogP) is 5.94. The van der Waals surface area contributed by atoms with E-state index in [1.54, 1.807) is 21.2 Å². The van der Waals surface area contributed by atoms with E-state index in [2.05, 4.69) is 5.10 Å². The monoisotopic (exact) mass is 477 g/mol. The lowest BCUT2D eigenvalue weighted by atomic mass is 10.2. The summed E-state index contributed by atoms with van der Waals surface area (Å²) < 4.78 is -0.974. The molecule has 3 heterocycles. The molecule has 160 valence electrons. The van der Waals surface area contributed by atoms with Gasteiger partial charge in [0.25, 0.3) is 5.91 Å². The highest BCUT2D eigenvalue weighted by molar-refractivity contribution is 8.29. The molecule has 32 heavy (non-hydrogen) atoms. The van der Waals surface area contributed by atoms with E-state index in [9.17, 15) is 9.59 Å². The summed E-state index contributed by atoms with van der Waals surface area (Å²) >= 11 is 4.32. The fourth-order valence-electron chi connectivity index (χ4n) is 3.52. The number of hydrogen-bond acceptors (Lipinski definition) is 7. The fraction of sp³-hybridized carbons (Fsp3) is 0.125. The highest BCUT2D eigenvalue weighted by Crippen LogP contribution is 2.59. The molecule has 3 aromatic rings. The van der Waals surface area contributed by atoms with Crippen LogP contribution in [0.25, 0.3) is 6.08 Å². The van der Waals surface area contributed by atoms with Crippen LogP contribution in [0.4, 0.5) is 11.4 Å². The molecule has 1 fully saturated rings. The number of ketones is 1. The van der Waals surface area contributed by atoms with Gasteiger partial charge in [0.2, 0.25) is 4.33 Å². The summed E-state index contributed by atoms with van der Waals surface area (Å²) in [4.78, 5) is 29.5. The Hall–Kier alpha value is -2.81. The molecule has 8 heteroatoms. The van der Waals surface area contributed by atoms with Crippen LogP contribution in [-0.2, 0) is 9.59 Å². The Kier molecular flexibility index (Phi) is 5.44. The number of rotatable bonds is 4. The highest BCUT2D eigenvalue weighted by atomic mass is 32.2. The Bertz CT molecular complexity index is 1240. The minimum Gasteiger partial charge on any atom is -0.292 e. The number of amides is 1. The molecule has 0 saturated carbocycles. The molecule has 0 unspecified atom stereocenters. The zero-order valence-corrected chi connectivity index (χ0v) is 19.8. The zero-order valence-electron chi connectivity index (χ0n) is 17.4. The second-order valence-electron chi connectivity index (χ2n) is 7.36. The van der Waals surface area contributed by atoms with E-state index in [0.717, 1.165) is 21.8 Å². The average Bonchev–Trinajstić information content (AvgIpc) is 3.49. The third-order valence-corrected chi connectivity index (χ3v) is 8.68. The Morgan fingerprint density at radius 3 is 2.38 bits per heavy atom. The maximum absolute atomic E-state index is 13.8. The van der Waals surface area contributed by atoms with Gasteiger partial charge in [-0.2, -0.15) is 5.10 Å². The van der Waals surface area contributed by atoms with Gasteiger partial charge in [0, 0.05) is 17.5 Å². The smallest absolute Gasteiger partial charge is 0.268 e. The highest BCUT2D eigenvalue weighted by Gasteiger charge is 2.59. The van der Waals surface area contributed by atoms with E-state index in [4.69, 9.17) is 0 Å². The molecule has 2 aliphatic rings. The summed E-state index contributed by atoms with van der Waals surface area (Å²) in [5.41, 5.74) is 2.70. The summed E-state index contributed by atoms with van der Waals surface area (Å²) in [6, 6.07) is 21.5. The number of Topliss-reactive ketones (excluding diaryl/α,β-unsaturated/α-hetero) is 1. The van der Waals surface area contributed by atoms with Crippen molar-refractivity contribution in [3.8, 4) is 0 Å². The van der Waals surface area contributed by atoms with Crippen LogP contribution in [0.15, 0.2) is 82.1 Å². The number of anilines is 2. The van der Waals surface area contributed by atoms with Crippen LogP contribution in [0.5, 0.6) is 0 Å². The van der Waals surface area contributed by atoms with Gasteiger partial charge in [-0.25, -0.2) is 5.01 Å². The number of carbonyl (C=O) groups is 2. The van der Waals surface area contributed by atoms with Crippen molar-refractivity contribution >= 4 is 69.0 Å². The van der Waals surface area contributed by atoms with Gasteiger partial charge in [0.05, 0.1) is 10.6 Å². The molecule has 2 aliphatic heterocycles. The molecule has 2 aromatic carbocycles. The summed E-state index contributed by atoms with van der Waals surface area (Å²) in [7, 11) is 0. The minimum atomic E-state index is -0.974. The molecule has 0 bridgehead atoms. The molecule has 1 saturated heterocycles. The third kappa shape index (κ3) is 3.58. The first-order chi connectivity index (χ1) is 15.5. The molecule has 1 aromatic heterocycles. The molecular formula is C24H19N3O2S3. The Balaban J connectivity index is 1.69. The topological polar surface area (TPSA) is 53.0 Å². The van der Waals surface area contributed by atoms with E-state index in [0.29, 0.717) is 9.95 Å². The summed E-state index contributed by atoms with van der Waals surface area (Å²) in [5, 5.41) is 8.86. The van der Waals surface area contributed by atoms with Crippen molar-refractivity contribution in [1.82, 2.24) is 0 Å². The fourth-order valence-corrected chi connectivity index (χ4v) is 7.12. The quantitative estimate of drug-likeness (QED) is 0.435. The van der Waals surface area contributed by atoms with Crippen molar-refractivity contribution < 1.29 is 9.59 Å². The number of nitrogens with zero attached hydrogens (tertiary/aromatic N) is 3. The predicted molar refractivity (Wildman–Crippen MR) is 136 cm³/mol. The third-order valence-electron chi connectivity index (χ3n) is 5.04. The van der Waals surface area contributed by atoms with E-state index in [1.165, 1.54) is 30.4 Å². The van der Waals surface area contributed by atoms with Gasteiger partial charge in [0.15, 0.2) is 10.8 Å². The molecule has 0 radical (unpaired) electrons. The maximum atomic E-state index is 13.8.